The van der Waals surface area contributed by atoms with Gasteiger partial charge < -0.3 is 30.7 Å². The highest BCUT2D eigenvalue weighted by Gasteiger charge is 2.37. The summed E-state index contributed by atoms with van der Waals surface area (Å²) in [5.74, 6) is -1.18. The molecule has 2 atom stereocenters. The first-order chi connectivity index (χ1) is 13.9. The molecule has 0 radical (unpaired) electrons. The summed E-state index contributed by atoms with van der Waals surface area (Å²) < 4.78 is 18.5. The number of rotatable bonds is 7. The minimum absolute atomic E-state index is 0.264. The zero-order chi connectivity index (χ0) is 21.1. The van der Waals surface area contributed by atoms with Crippen LogP contribution in [0.15, 0.2) is 24.3 Å². The van der Waals surface area contributed by atoms with E-state index >= 15 is 0 Å². The molecule has 1 heterocycles. The normalized spacial score (nSPS) is 20.6. The fraction of sp³-hybridized carbons (Fsp3) is 0.632. The zero-order valence-corrected chi connectivity index (χ0v) is 17.9. The summed E-state index contributed by atoms with van der Waals surface area (Å²) in [6, 6.07) is 7.10. The predicted molar refractivity (Wildman–Crippen MR) is 113 cm³/mol. The van der Waals surface area contributed by atoms with Gasteiger partial charge in [0.05, 0.1) is 13.5 Å². The van der Waals surface area contributed by atoms with Gasteiger partial charge in [-0.2, -0.15) is 0 Å². The second-order valence-corrected chi connectivity index (χ2v) is 9.50. The van der Waals surface area contributed by atoms with Crippen LogP contribution in [-0.4, -0.2) is 86.5 Å². The molecule has 5 N–H and O–H groups in total. The van der Waals surface area contributed by atoms with E-state index in [4.69, 9.17) is 9.84 Å². The lowest BCUT2D eigenvalue weighted by atomic mass is 10.2. The highest BCUT2D eigenvalue weighted by atomic mass is 31.2. The van der Waals surface area contributed by atoms with Gasteiger partial charge in [0, 0.05) is 58.5 Å². The van der Waals surface area contributed by atoms with Crippen LogP contribution in [0.5, 0.6) is 5.75 Å². The molecule has 0 saturated carbocycles. The third kappa shape index (κ3) is 8.04. The molecule has 1 aliphatic rings. The highest BCUT2D eigenvalue weighted by Crippen LogP contribution is 2.57. The summed E-state index contributed by atoms with van der Waals surface area (Å²) in [6.07, 6.45) is -0.600. The van der Waals surface area contributed by atoms with E-state index in [-0.39, 0.29) is 12.6 Å². The van der Waals surface area contributed by atoms with Gasteiger partial charge in [0.1, 0.15) is 11.5 Å². The molecular weight excluding hydrogens is 395 g/mol. The molecule has 10 heteroatoms. The van der Waals surface area contributed by atoms with Crippen LogP contribution in [0.2, 0.25) is 0 Å². The van der Waals surface area contributed by atoms with Crippen LogP contribution < -0.4 is 20.7 Å². The first-order valence-electron chi connectivity index (χ1n) is 9.97. The van der Waals surface area contributed by atoms with Crippen molar-refractivity contribution in [1.29, 1.82) is 0 Å². The van der Waals surface area contributed by atoms with E-state index in [1.165, 1.54) is 0 Å². The number of carboxylic acids is 1. The van der Waals surface area contributed by atoms with Crippen molar-refractivity contribution >= 4 is 13.3 Å². The molecule has 2 unspecified atom stereocenters. The van der Waals surface area contributed by atoms with Crippen LogP contribution in [0.25, 0.3) is 0 Å². The van der Waals surface area contributed by atoms with Gasteiger partial charge in [-0.1, -0.05) is 12.1 Å². The summed E-state index contributed by atoms with van der Waals surface area (Å²) in [6.45, 7) is 5.86. The van der Waals surface area contributed by atoms with Crippen molar-refractivity contribution in [3.63, 3.8) is 0 Å². The van der Waals surface area contributed by atoms with Gasteiger partial charge >= 0.3 is 5.97 Å². The molecule has 9 nitrogen and oxygen atoms in total. The highest BCUT2D eigenvalue weighted by molar-refractivity contribution is 7.58. The van der Waals surface area contributed by atoms with Crippen molar-refractivity contribution < 1.29 is 24.1 Å². The van der Waals surface area contributed by atoms with Crippen LogP contribution in [0.1, 0.15) is 17.8 Å². The lowest BCUT2D eigenvalue weighted by Crippen LogP contribution is -2.43. The number of nitrogens with one attached hydrogen (secondary N) is 3. The third-order valence-electron chi connectivity index (χ3n) is 4.90. The molecule has 0 aliphatic carbocycles. The topological polar surface area (TPSA) is 123 Å². The predicted octanol–water partition coefficient (Wildman–Crippen LogP) is 0.523. The average molecular weight is 428 g/mol. The summed E-state index contributed by atoms with van der Waals surface area (Å²) in [7, 11) is -2.24. The van der Waals surface area contributed by atoms with E-state index in [9.17, 15) is 14.3 Å². The number of carbonyl (C=O) groups is 1. The fourth-order valence-corrected chi connectivity index (χ4v) is 5.52. The molecule has 0 amide bonds. The van der Waals surface area contributed by atoms with Crippen LogP contribution in [0, 0.1) is 0 Å². The Morgan fingerprint density at radius 2 is 1.59 bits per heavy atom. The molecule has 1 fully saturated rings. The van der Waals surface area contributed by atoms with Gasteiger partial charge in [0.2, 0.25) is 7.37 Å². The molecule has 2 rings (SSSR count). The molecule has 1 aliphatic heterocycles. The maximum absolute atomic E-state index is 13.3. The molecule has 164 valence electrons. The standard InChI is InChI=1S/C19H33N4O5P/c1-28-17-4-2-16(3-5-17)19(29(26,27)15-6-18(24)25)23-13-11-21-9-7-20-8-10-22-12-14-23/h2-5,19-22H,6-15H2,1H3,(H,24,25)(H,26,27). The van der Waals surface area contributed by atoms with E-state index in [1.807, 2.05) is 4.90 Å². The Balaban J connectivity index is 2.28. The quantitative estimate of drug-likeness (QED) is 0.396. The van der Waals surface area contributed by atoms with Gasteiger partial charge in [0.15, 0.2) is 0 Å². The Labute approximate surface area is 172 Å². The van der Waals surface area contributed by atoms with Gasteiger partial charge in [-0.15, -0.1) is 0 Å². The van der Waals surface area contributed by atoms with Crippen molar-refractivity contribution in [3.8, 4) is 5.75 Å². The maximum Gasteiger partial charge on any atom is 0.303 e. The van der Waals surface area contributed by atoms with E-state index in [0.717, 1.165) is 26.2 Å². The number of ether oxygens (including phenoxy) is 1. The van der Waals surface area contributed by atoms with Crippen molar-refractivity contribution in [2.24, 2.45) is 0 Å². The van der Waals surface area contributed by atoms with Crippen LogP contribution in [0.4, 0.5) is 0 Å². The molecule has 1 saturated heterocycles. The van der Waals surface area contributed by atoms with Gasteiger partial charge in [-0.05, 0) is 17.7 Å². The van der Waals surface area contributed by atoms with Crippen molar-refractivity contribution in [2.75, 3.05) is 65.6 Å². The number of nitrogens with zero attached hydrogens (tertiary/aromatic N) is 1. The molecule has 1 aromatic rings. The van der Waals surface area contributed by atoms with Gasteiger partial charge in [-0.3, -0.25) is 14.3 Å². The van der Waals surface area contributed by atoms with Crippen LogP contribution in [0.3, 0.4) is 0 Å². The van der Waals surface area contributed by atoms with Crippen molar-refractivity contribution in [2.45, 2.75) is 12.2 Å². The van der Waals surface area contributed by atoms with E-state index in [0.29, 0.717) is 37.5 Å². The van der Waals surface area contributed by atoms with Crippen molar-refractivity contribution in [1.82, 2.24) is 20.9 Å². The molecule has 0 bridgehead atoms. The average Bonchev–Trinajstić information content (AvgIpc) is 2.69. The maximum atomic E-state index is 13.3. The van der Waals surface area contributed by atoms with Gasteiger partial charge in [0.25, 0.3) is 0 Å². The Hall–Kier alpha value is -1.48. The number of hydrogen-bond acceptors (Lipinski definition) is 7. The summed E-state index contributed by atoms with van der Waals surface area (Å²) in [5, 5.41) is 19.1. The summed E-state index contributed by atoms with van der Waals surface area (Å²) >= 11 is 0. The smallest absolute Gasteiger partial charge is 0.303 e. The molecule has 0 aromatic heterocycles. The first kappa shape index (κ1) is 23.8. The fourth-order valence-electron chi connectivity index (χ4n) is 3.38. The Morgan fingerprint density at radius 3 is 2.07 bits per heavy atom. The second kappa shape index (κ2) is 12.3. The Morgan fingerprint density at radius 1 is 1.07 bits per heavy atom. The summed E-state index contributed by atoms with van der Waals surface area (Å²) in [5.41, 5.74) is 0.691. The lowest BCUT2D eigenvalue weighted by molar-refractivity contribution is -0.136. The summed E-state index contributed by atoms with van der Waals surface area (Å²) in [4.78, 5) is 23.9. The third-order valence-corrected chi connectivity index (χ3v) is 7.15. The van der Waals surface area contributed by atoms with E-state index < -0.39 is 19.1 Å². The van der Waals surface area contributed by atoms with E-state index in [2.05, 4.69) is 16.0 Å². The number of aliphatic carboxylic acids is 1. The SMILES string of the molecule is COc1ccc(C(N2CCNCCNCCNCC2)P(=O)(O)CCC(=O)O)cc1. The minimum atomic E-state index is -3.81. The molecule has 0 spiro atoms. The monoisotopic (exact) mass is 428 g/mol. The number of benzene rings is 1. The zero-order valence-electron chi connectivity index (χ0n) is 17.0. The van der Waals surface area contributed by atoms with E-state index in [1.54, 1.807) is 31.4 Å². The largest absolute Gasteiger partial charge is 0.497 e. The Bertz CT molecular complexity index is 661. The minimum Gasteiger partial charge on any atom is -0.497 e. The lowest BCUT2D eigenvalue weighted by Gasteiger charge is -2.35. The van der Waals surface area contributed by atoms with Crippen LogP contribution >= 0.6 is 7.37 Å². The first-order valence-corrected chi connectivity index (χ1v) is 11.9. The molecular formula is C19H33N4O5P. The molecule has 29 heavy (non-hydrogen) atoms. The Kier molecular flexibility index (Phi) is 10.1. The van der Waals surface area contributed by atoms with Crippen LogP contribution in [-0.2, 0) is 9.36 Å². The second-order valence-electron chi connectivity index (χ2n) is 7.06. The molecule has 1 aromatic carbocycles. The van der Waals surface area contributed by atoms with Gasteiger partial charge in [-0.25, -0.2) is 0 Å². The number of hydrogen-bond donors (Lipinski definition) is 5. The van der Waals surface area contributed by atoms with Crippen molar-refractivity contribution in [3.05, 3.63) is 29.8 Å². The number of methoxy groups -OCH3 is 1. The number of carboxylic acid groups (broad SMARTS) is 1.